The lowest BCUT2D eigenvalue weighted by Crippen LogP contribution is -2.14. The summed E-state index contributed by atoms with van der Waals surface area (Å²) in [6, 6.07) is 5.78. The van der Waals surface area contributed by atoms with Crippen LogP contribution in [-0.4, -0.2) is 35.9 Å². The number of carbonyl (C=O) groups excluding carboxylic acids is 2. The van der Waals surface area contributed by atoms with Crippen LogP contribution in [0.2, 0.25) is 0 Å². The summed E-state index contributed by atoms with van der Waals surface area (Å²) >= 11 is 0. The van der Waals surface area contributed by atoms with Crippen molar-refractivity contribution in [1.82, 2.24) is 0 Å². The van der Waals surface area contributed by atoms with Gasteiger partial charge in [-0.25, -0.2) is 4.79 Å². The van der Waals surface area contributed by atoms with E-state index in [4.69, 9.17) is 14.6 Å². The highest BCUT2D eigenvalue weighted by Crippen LogP contribution is 2.15. The summed E-state index contributed by atoms with van der Waals surface area (Å²) in [5.74, 6) is -0.501. The number of phenolic OH excluding ortho intramolecular Hbond substituents is 1. The maximum atomic E-state index is 11.5. The molecule has 0 saturated heterocycles. The Morgan fingerprint density at radius 2 is 1.85 bits per heavy atom. The molecule has 0 aliphatic rings. The van der Waals surface area contributed by atoms with Crippen LogP contribution in [0.4, 0.5) is 0 Å². The number of aromatic hydroxyl groups is 1. The van der Waals surface area contributed by atoms with Gasteiger partial charge < -0.3 is 14.6 Å². The number of ether oxygens (including phenoxy) is 2. The number of hydrogen-bond donors (Lipinski definition) is 1. The minimum absolute atomic E-state index is 0.0559. The van der Waals surface area contributed by atoms with Crippen molar-refractivity contribution in [3.8, 4) is 11.5 Å². The highest BCUT2D eigenvalue weighted by Gasteiger charge is 2.07. The van der Waals surface area contributed by atoms with Gasteiger partial charge in [-0.2, -0.15) is 0 Å². The third kappa shape index (κ3) is 5.99. The molecule has 0 amide bonds. The highest BCUT2D eigenvalue weighted by atomic mass is 16.5. The third-order valence-corrected chi connectivity index (χ3v) is 2.25. The van der Waals surface area contributed by atoms with Crippen molar-refractivity contribution in [3.05, 3.63) is 24.3 Å². The first-order valence-electron chi connectivity index (χ1n) is 6.16. The molecule has 0 atom stereocenters. The first-order valence-corrected chi connectivity index (χ1v) is 6.16. The summed E-state index contributed by atoms with van der Waals surface area (Å²) in [7, 11) is 0. The van der Waals surface area contributed by atoms with Gasteiger partial charge in [-0.1, -0.05) is 0 Å². The topological polar surface area (TPSA) is 85.2 Å². The van der Waals surface area contributed by atoms with Gasteiger partial charge in [-0.3, -0.25) is 9.79 Å². The number of esters is 2. The number of rotatable bonds is 6. The Balaban J connectivity index is 2.42. The lowest BCUT2D eigenvalue weighted by Gasteiger charge is -2.03. The number of carbonyl (C=O) groups is 2. The predicted molar refractivity (Wildman–Crippen MR) is 73.0 cm³/mol. The van der Waals surface area contributed by atoms with E-state index in [0.29, 0.717) is 18.1 Å². The van der Waals surface area contributed by atoms with Crippen molar-refractivity contribution in [3.63, 3.8) is 0 Å². The fourth-order valence-corrected chi connectivity index (χ4v) is 1.35. The molecular formula is C14H17NO5. The van der Waals surface area contributed by atoms with Crippen LogP contribution in [0.15, 0.2) is 29.3 Å². The molecule has 6 heteroatoms. The lowest BCUT2D eigenvalue weighted by molar-refractivity contribution is -0.141. The van der Waals surface area contributed by atoms with E-state index >= 15 is 0 Å². The Bertz CT molecular complexity index is 493. The Kier molecular flexibility index (Phi) is 6.22. The van der Waals surface area contributed by atoms with Crippen molar-refractivity contribution in [1.29, 1.82) is 0 Å². The molecule has 0 fully saturated rings. The van der Waals surface area contributed by atoms with Crippen LogP contribution in [0.5, 0.6) is 11.5 Å². The molecule has 20 heavy (non-hydrogen) atoms. The zero-order valence-electron chi connectivity index (χ0n) is 11.5. The maximum absolute atomic E-state index is 11.5. The van der Waals surface area contributed by atoms with Crippen LogP contribution < -0.4 is 4.74 Å². The van der Waals surface area contributed by atoms with E-state index in [1.54, 1.807) is 13.8 Å². The molecule has 6 nitrogen and oxygen atoms in total. The van der Waals surface area contributed by atoms with Gasteiger partial charge in [0.2, 0.25) is 0 Å². The van der Waals surface area contributed by atoms with Gasteiger partial charge in [0.25, 0.3) is 0 Å². The number of hydrogen-bond acceptors (Lipinski definition) is 6. The Labute approximate surface area is 117 Å². The summed E-state index contributed by atoms with van der Waals surface area (Å²) in [6.07, 6.45) is 0.0559. The first kappa shape index (κ1) is 15.7. The minimum Gasteiger partial charge on any atom is -0.508 e. The number of phenols is 1. The fraction of sp³-hybridized carbons (Fsp3) is 0.357. The summed E-state index contributed by atoms with van der Waals surface area (Å²) in [6.45, 7) is 3.51. The standard InChI is InChI=1S/C14H17NO5/c1-3-19-13(17)8-10(2)15-9-14(18)20-12-6-4-11(16)5-7-12/h4-7,16H,3,8-9H2,1-2H3. The molecule has 0 unspecified atom stereocenters. The van der Waals surface area contributed by atoms with Gasteiger partial charge in [-0.15, -0.1) is 0 Å². The number of benzene rings is 1. The maximum Gasteiger partial charge on any atom is 0.333 e. The summed E-state index contributed by atoms with van der Waals surface area (Å²) in [5.41, 5.74) is 0.506. The fourth-order valence-electron chi connectivity index (χ4n) is 1.35. The van der Waals surface area contributed by atoms with E-state index in [1.165, 1.54) is 24.3 Å². The molecule has 1 N–H and O–H groups in total. The molecule has 0 spiro atoms. The molecule has 1 aromatic rings. The molecule has 1 aromatic carbocycles. The van der Waals surface area contributed by atoms with Gasteiger partial charge in [0, 0.05) is 5.71 Å². The van der Waals surface area contributed by atoms with Gasteiger partial charge in [0.05, 0.1) is 13.0 Å². The normalized spacial score (nSPS) is 11.0. The average Bonchev–Trinajstić information content (AvgIpc) is 2.39. The zero-order valence-corrected chi connectivity index (χ0v) is 11.5. The second-order valence-electron chi connectivity index (χ2n) is 4.00. The Morgan fingerprint density at radius 3 is 2.45 bits per heavy atom. The van der Waals surface area contributed by atoms with E-state index < -0.39 is 5.97 Å². The van der Waals surface area contributed by atoms with E-state index in [2.05, 4.69) is 4.99 Å². The van der Waals surface area contributed by atoms with Crippen LogP contribution in [0.3, 0.4) is 0 Å². The lowest BCUT2D eigenvalue weighted by atomic mass is 10.3. The third-order valence-electron chi connectivity index (χ3n) is 2.25. The Hall–Kier alpha value is -2.37. The zero-order chi connectivity index (χ0) is 15.0. The molecule has 0 radical (unpaired) electrons. The summed E-state index contributed by atoms with van der Waals surface area (Å²) in [4.78, 5) is 26.6. The van der Waals surface area contributed by atoms with Crippen LogP contribution in [0.25, 0.3) is 0 Å². The van der Waals surface area contributed by atoms with Crippen LogP contribution in [0.1, 0.15) is 20.3 Å². The molecule has 0 saturated carbocycles. The van der Waals surface area contributed by atoms with Crippen molar-refractivity contribution >= 4 is 17.7 Å². The van der Waals surface area contributed by atoms with E-state index in [1.807, 2.05) is 0 Å². The molecule has 0 bridgehead atoms. The SMILES string of the molecule is CCOC(=O)CC(C)=NCC(=O)Oc1ccc(O)cc1. The highest BCUT2D eigenvalue weighted by molar-refractivity contribution is 5.98. The first-order chi connectivity index (χ1) is 9.51. The van der Waals surface area contributed by atoms with Gasteiger partial charge in [0.1, 0.15) is 18.0 Å². The van der Waals surface area contributed by atoms with Crippen molar-refractivity contribution in [2.45, 2.75) is 20.3 Å². The molecular weight excluding hydrogens is 262 g/mol. The molecule has 108 valence electrons. The second kappa shape index (κ2) is 7.93. The molecule has 0 aliphatic heterocycles. The van der Waals surface area contributed by atoms with Crippen molar-refractivity contribution in [2.75, 3.05) is 13.2 Å². The smallest absolute Gasteiger partial charge is 0.333 e. The van der Waals surface area contributed by atoms with E-state index in [0.717, 1.165) is 0 Å². The molecule has 0 aromatic heterocycles. The van der Waals surface area contributed by atoms with E-state index in [-0.39, 0.29) is 24.7 Å². The van der Waals surface area contributed by atoms with Gasteiger partial charge in [0.15, 0.2) is 0 Å². The quantitative estimate of drug-likeness (QED) is 0.487. The van der Waals surface area contributed by atoms with Crippen LogP contribution in [0, 0.1) is 0 Å². The second-order valence-corrected chi connectivity index (χ2v) is 4.00. The van der Waals surface area contributed by atoms with Gasteiger partial charge in [-0.05, 0) is 38.1 Å². The Morgan fingerprint density at radius 1 is 1.20 bits per heavy atom. The molecule has 1 rings (SSSR count). The monoisotopic (exact) mass is 279 g/mol. The van der Waals surface area contributed by atoms with Crippen molar-refractivity contribution < 1.29 is 24.2 Å². The average molecular weight is 279 g/mol. The molecule has 0 aliphatic carbocycles. The van der Waals surface area contributed by atoms with Crippen molar-refractivity contribution in [2.24, 2.45) is 4.99 Å². The van der Waals surface area contributed by atoms with Crippen LogP contribution in [-0.2, 0) is 14.3 Å². The largest absolute Gasteiger partial charge is 0.508 e. The van der Waals surface area contributed by atoms with Crippen LogP contribution >= 0.6 is 0 Å². The number of nitrogens with zero attached hydrogens (tertiary/aromatic N) is 1. The number of aliphatic imine (C=N–C) groups is 1. The summed E-state index contributed by atoms with van der Waals surface area (Å²) in [5, 5.41) is 9.09. The predicted octanol–water partition coefficient (Wildman–Crippen LogP) is 1.71. The molecule has 0 heterocycles. The van der Waals surface area contributed by atoms with Gasteiger partial charge >= 0.3 is 11.9 Å². The minimum atomic E-state index is -0.543. The summed E-state index contributed by atoms with van der Waals surface area (Å²) < 4.78 is 9.77. The van der Waals surface area contributed by atoms with E-state index in [9.17, 15) is 9.59 Å².